The Morgan fingerprint density at radius 1 is 1.35 bits per heavy atom. The molecule has 0 saturated carbocycles. The van der Waals surface area contributed by atoms with Crippen molar-refractivity contribution in [3.05, 3.63) is 29.8 Å². The topological polar surface area (TPSA) is 75.6 Å². The fraction of sp³-hybridized carbons (Fsp3) is 0.467. The number of nitrogens with one attached hydrogen (secondary N) is 1. The number of ether oxygens (including phenoxy) is 1. The van der Waals surface area contributed by atoms with E-state index in [1.54, 1.807) is 19.9 Å². The van der Waals surface area contributed by atoms with Gasteiger partial charge in [0.25, 0.3) is 0 Å². The Morgan fingerprint density at radius 2 is 2.05 bits per heavy atom. The van der Waals surface area contributed by atoms with E-state index in [0.717, 1.165) is 5.56 Å². The first kappa shape index (κ1) is 16.0. The molecule has 5 nitrogen and oxygen atoms in total. The van der Waals surface area contributed by atoms with E-state index in [2.05, 4.69) is 5.32 Å². The van der Waals surface area contributed by atoms with Crippen LogP contribution in [0.5, 0.6) is 5.75 Å². The Hall–Kier alpha value is -2.04. The van der Waals surface area contributed by atoms with E-state index in [0.29, 0.717) is 12.4 Å². The standard InChI is InChI=1S/C15H21NO4/c1-4-20-12-7-5-6-11(8-12)9-13(17)16-14(10(2)3)15(18)19/h5-8,10,14H,4,9H2,1-3H3,(H,16,17)(H,18,19). The van der Waals surface area contributed by atoms with Crippen LogP contribution in [0.3, 0.4) is 0 Å². The fourth-order valence-corrected chi connectivity index (χ4v) is 1.84. The third-order valence-corrected chi connectivity index (χ3v) is 2.82. The fourth-order valence-electron chi connectivity index (χ4n) is 1.84. The molecule has 1 rings (SSSR count). The second-order valence-corrected chi connectivity index (χ2v) is 4.88. The zero-order valence-corrected chi connectivity index (χ0v) is 12.1. The zero-order chi connectivity index (χ0) is 15.1. The zero-order valence-electron chi connectivity index (χ0n) is 12.1. The lowest BCUT2D eigenvalue weighted by Crippen LogP contribution is -2.44. The second kappa shape index (κ2) is 7.53. The van der Waals surface area contributed by atoms with E-state index in [1.165, 1.54) is 0 Å². The highest BCUT2D eigenvalue weighted by molar-refractivity contribution is 5.85. The molecule has 0 bridgehead atoms. The average Bonchev–Trinajstić information content (AvgIpc) is 2.36. The monoisotopic (exact) mass is 279 g/mol. The number of aliphatic carboxylic acids is 1. The number of hydrogen-bond donors (Lipinski definition) is 2. The van der Waals surface area contributed by atoms with Gasteiger partial charge in [0, 0.05) is 0 Å². The average molecular weight is 279 g/mol. The summed E-state index contributed by atoms with van der Waals surface area (Å²) in [6.45, 7) is 5.97. The van der Waals surface area contributed by atoms with Gasteiger partial charge >= 0.3 is 5.97 Å². The molecule has 1 aromatic rings. The number of benzene rings is 1. The van der Waals surface area contributed by atoms with E-state index in [4.69, 9.17) is 9.84 Å². The van der Waals surface area contributed by atoms with Gasteiger partial charge in [0.2, 0.25) is 5.91 Å². The Bertz CT molecular complexity index is 471. The van der Waals surface area contributed by atoms with Crippen LogP contribution in [-0.2, 0) is 16.0 Å². The van der Waals surface area contributed by atoms with E-state index in [9.17, 15) is 9.59 Å². The SMILES string of the molecule is CCOc1cccc(CC(=O)NC(C(=O)O)C(C)C)c1. The molecule has 0 fully saturated rings. The third-order valence-electron chi connectivity index (χ3n) is 2.82. The molecular formula is C15H21NO4. The molecule has 2 N–H and O–H groups in total. The number of carboxylic acid groups (broad SMARTS) is 1. The lowest BCUT2D eigenvalue weighted by Gasteiger charge is -2.18. The minimum absolute atomic E-state index is 0.136. The van der Waals surface area contributed by atoms with Crippen molar-refractivity contribution in [3.63, 3.8) is 0 Å². The first-order valence-corrected chi connectivity index (χ1v) is 6.68. The van der Waals surface area contributed by atoms with Crippen LogP contribution < -0.4 is 10.1 Å². The molecule has 1 amide bonds. The number of carboxylic acids is 1. The van der Waals surface area contributed by atoms with Crippen molar-refractivity contribution in [1.29, 1.82) is 0 Å². The van der Waals surface area contributed by atoms with Crippen LogP contribution >= 0.6 is 0 Å². The molecule has 0 aromatic heterocycles. The van der Waals surface area contributed by atoms with Gasteiger partial charge in [-0.2, -0.15) is 0 Å². The Labute approximate surface area is 118 Å². The minimum atomic E-state index is -1.02. The molecule has 1 aromatic carbocycles. The number of carbonyl (C=O) groups excluding carboxylic acids is 1. The van der Waals surface area contributed by atoms with Crippen LogP contribution in [0, 0.1) is 5.92 Å². The predicted octanol–water partition coefficient (Wildman–Crippen LogP) is 1.85. The van der Waals surface area contributed by atoms with E-state index >= 15 is 0 Å². The predicted molar refractivity (Wildman–Crippen MR) is 75.7 cm³/mol. The molecule has 1 atom stereocenters. The molecule has 0 aliphatic rings. The molecule has 0 aliphatic carbocycles. The van der Waals surface area contributed by atoms with Gasteiger partial charge in [-0.25, -0.2) is 4.79 Å². The van der Waals surface area contributed by atoms with E-state index < -0.39 is 12.0 Å². The summed E-state index contributed by atoms with van der Waals surface area (Å²) < 4.78 is 5.36. The molecule has 110 valence electrons. The number of hydrogen-bond acceptors (Lipinski definition) is 3. The molecule has 0 aliphatic heterocycles. The number of rotatable bonds is 7. The highest BCUT2D eigenvalue weighted by Gasteiger charge is 2.23. The largest absolute Gasteiger partial charge is 0.494 e. The first-order valence-electron chi connectivity index (χ1n) is 6.68. The van der Waals surface area contributed by atoms with Crippen molar-refractivity contribution in [2.45, 2.75) is 33.2 Å². The lowest BCUT2D eigenvalue weighted by atomic mass is 10.0. The van der Waals surface area contributed by atoms with Gasteiger partial charge in [-0.15, -0.1) is 0 Å². The summed E-state index contributed by atoms with van der Waals surface area (Å²) in [5.74, 6) is -0.779. The van der Waals surface area contributed by atoms with Gasteiger partial charge < -0.3 is 15.2 Å². The lowest BCUT2D eigenvalue weighted by molar-refractivity contribution is -0.143. The van der Waals surface area contributed by atoms with Gasteiger partial charge in [-0.1, -0.05) is 26.0 Å². The molecule has 20 heavy (non-hydrogen) atoms. The van der Waals surface area contributed by atoms with Crippen molar-refractivity contribution < 1.29 is 19.4 Å². The molecule has 0 saturated heterocycles. The van der Waals surface area contributed by atoms with Crippen LogP contribution in [-0.4, -0.2) is 29.6 Å². The van der Waals surface area contributed by atoms with Crippen LogP contribution in [0.4, 0.5) is 0 Å². The molecule has 1 unspecified atom stereocenters. The molecule has 0 heterocycles. The Morgan fingerprint density at radius 3 is 2.60 bits per heavy atom. The van der Waals surface area contributed by atoms with Gasteiger partial charge in [0.05, 0.1) is 13.0 Å². The van der Waals surface area contributed by atoms with Crippen molar-refractivity contribution in [1.82, 2.24) is 5.32 Å². The second-order valence-electron chi connectivity index (χ2n) is 4.88. The van der Waals surface area contributed by atoms with Crippen LogP contribution in [0.1, 0.15) is 26.3 Å². The van der Waals surface area contributed by atoms with Gasteiger partial charge in [-0.05, 0) is 30.5 Å². The minimum Gasteiger partial charge on any atom is -0.494 e. The van der Waals surface area contributed by atoms with Crippen molar-refractivity contribution in [2.75, 3.05) is 6.61 Å². The first-order chi connectivity index (χ1) is 9.43. The Balaban J connectivity index is 2.66. The molecule has 5 heteroatoms. The molecule has 0 radical (unpaired) electrons. The quantitative estimate of drug-likeness (QED) is 0.798. The van der Waals surface area contributed by atoms with Crippen LogP contribution in [0.15, 0.2) is 24.3 Å². The van der Waals surface area contributed by atoms with Gasteiger partial charge in [-0.3, -0.25) is 4.79 Å². The molecular weight excluding hydrogens is 258 g/mol. The normalized spacial score (nSPS) is 12.0. The van der Waals surface area contributed by atoms with Crippen LogP contribution in [0.25, 0.3) is 0 Å². The van der Waals surface area contributed by atoms with E-state index in [1.807, 2.05) is 25.1 Å². The number of carbonyl (C=O) groups is 2. The summed E-state index contributed by atoms with van der Waals surface area (Å²) >= 11 is 0. The highest BCUT2D eigenvalue weighted by atomic mass is 16.5. The maximum absolute atomic E-state index is 11.9. The van der Waals surface area contributed by atoms with Crippen molar-refractivity contribution >= 4 is 11.9 Å². The van der Waals surface area contributed by atoms with Gasteiger partial charge in [0.15, 0.2) is 0 Å². The van der Waals surface area contributed by atoms with Crippen molar-refractivity contribution in [2.24, 2.45) is 5.92 Å². The summed E-state index contributed by atoms with van der Waals surface area (Å²) in [5.41, 5.74) is 0.793. The maximum atomic E-state index is 11.9. The maximum Gasteiger partial charge on any atom is 0.326 e. The van der Waals surface area contributed by atoms with Crippen molar-refractivity contribution in [3.8, 4) is 5.75 Å². The molecule has 0 spiro atoms. The summed E-state index contributed by atoms with van der Waals surface area (Å²) in [6.07, 6.45) is 0.136. The van der Waals surface area contributed by atoms with Crippen LogP contribution in [0.2, 0.25) is 0 Å². The summed E-state index contributed by atoms with van der Waals surface area (Å²) in [6, 6.07) is 6.36. The summed E-state index contributed by atoms with van der Waals surface area (Å²) in [7, 11) is 0. The van der Waals surface area contributed by atoms with Gasteiger partial charge in [0.1, 0.15) is 11.8 Å². The van der Waals surface area contributed by atoms with E-state index in [-0.39, 0.29) is 18.2 Å². The third kappa shape index (κ3) is 4.91. The summed E-state index contributed by atoms with van der Waals surface area (Å²) in [5, 5.41) is 11.6. The summed E-state index contributed by atoms with van der Waals surface area (Å²) in [4.78, 5) is 22.9. The number of amides is 1. The smallest absolute Gasteiger partial charge is 0.326 e. The highest BCUT2D eigenvalue weighted by Crippen LogP contribution is 2.14. The Kier molecular flexibility index (Phi) is 6.03.